The third-order valence-electron chi connectivity index (χ3n) is 2.80. The summed E-state index contributed by atoms with van der Waals surface area (Å²) in [5, 5.41) is 3.50. The first kappa shape index (κ1) is 18.7. The van der Waals surface area contributed by atoms with Gasteiger partial charge in [0.05, 0.1) is 0 Å². The van der Waals surface area contributed by atoms with Crippen molar-refractivity contribution >= 4 is 0 Å². The summed E-state index contributed by atoms with van der Waals surface area (Å²) in [5.41, 5.74) is 0. The standard InChI is InChI=1S/C14H28F3NO/c1-4-8-18-13(10-12(2)3)7-5-6-9-19-11-14(15,16)17/h12-13,18H,4-11H2,1-3H3. The van der Waals surface area contributed by atoms with E-state index >= 15 is 0 Å². The Bertz CT molecular complexity index is 207. The van der Waals surface area contributed by atoms with E-state index in [0.717, 1.165) is 32.2 Å². The van der Waals surface area contributed by atoms with Crippen molar-refractivity contribution in [1.29, 1.82) is 0 Å². The minimum atomic E-state index is -4.21. The number of rotatable bonds is 11. The summed E-state index contributed by atoms with van der Waals surface area (Å²) in [7, 11) is 0. The molecule has 0 aromatic carbocycles. The Morgan fingerprint density at radius 1 is 1.16 bits per heavy atom. The molecule has 2 nitrogen and oxygen atoms in total. The minimum absolute atomic E-state index is 0.196. The zero-order chi connectivity index (χ0) is 14.7. The fraction of sp³-hybridized carbons (Fsp3) is 1.00. The Balaban J connectivity index is 3.62. The van der Waals surface area contributed by atoms with Gasteiger partial charge in [0.1, 0.15) is 6.61 Å². The molecule has 0 radical (unpaired) electrons. The van der Waals surface area contributed by atoms with Gasteiger partial charge in [0, 0.05) is 12.6 Å². The Kier molecular flexibility index (Phi) is 10.3. The van der Waals surface area contributed by atoms with Gasteiger partial charge in [0.15, 0.2) is 0 Å². The molecule has 0 aliphatic carbocycles. The van der Waals surface area contributed by atoms with Crippen molar-refractivity contribution in [3.63, 3.8) is 0 Å². The van der Waals surface area contributed by atoms with Crippen LogP contribution in [-0.4, -0.2) is 32.0 Å². The van der Waals surface area contributed by atoms with Crippen molar-refractivity contribution < 1.29 is 17.9 Å². The molecule has 0 aromatic heterocycles. The smallest absolute Gasteiger partial charge is 0.372 e. The number of halogens is 3. The first-order valence-electron chi connectivity index (χ1n) is 7.23. The Hall–Kier alpha value is -0.290. The van der Waals surface area contributed by atoms with E-state index < -0.39 is 12.8 Å². The largest absolute Gasteiger partial charge is 0.411 e. The molecule has 116 valence electrons. The van der Waals surface area contributed by atoms with Gasteiger partial charge in [0.25, 0.3) is 0 Å². The highest BCUT2D eigenvalue weighted by Crippen LogP contribution is 2.15. The highest BCUT2D eigenvalue weighted by atomic mass is 19.4. The van der Waals surface area contributed by atoms with Gasteiger partial charge in [-0.3, -0.25) is 0 Å². The van der Waals surface area contributed by atoms with Crippen LogP contribution in [0.5, 0.6) is 0 Å². The molecule has 0 heterocycles. The summed E-state index contributed by atoms with van der Waals surface area (Å²) in [6.07, 6.45) is 0.619. The zero-order valence-corrected chi connectivity index (χ0v) is 12.4. The van der Waals surface area contributed by atoms with E-state index in [2.05, 4.69) is 30.8 Å². The summed E-state index contributed by atoms with van der Waals surface area (Å²) in [4.78, 5) is 0. The van der Waals surface area contributed by atoms with E-state index in [4.69, 9.17) is 0 Å². The Morgan fingerprint density at radius 2 is 1.84 bits per heavy atom. The summed E-state index contributed by atoms with van der Waals surface area (Å²) < 4.78 is 40.1. The van der Waals surface area contributed by atoms with Crippen LogP contribution in [0.3, 0.4) is 0 Å². The van der Waals surface area contributed by atoms with Crippen LogP contribution in [0.4, 0.5) is 13.2 Å². The second-order valence-electron chi connectivity index (χ2n) is 5.44. The Morgan fingerprint density at radius 3 is 2.37 bits per heavy atom. The lowest BCUT2D eigenvalue weighted by atomic mass is 9.99. The highest BCUT2D eigenvalue weighted by Gasteiger charge is 2.27. The summed E-state index contributed by atoms with van der Waals surface area (Å²) in [6, 6.07) is 0.475. The molecular weight excluding hydrogens is 255 g/mol. The van der Waals surface area contributed by atoms with E-state index in [1.807, 2.05) is 0 Å². The van der Waals surface area contributed by atoms with E-state index in [-0.39, 0.29) is 6.61 Å². The molecule has 0 bridgehead atoms. The van der Waals surface area contributed by atoms with Gasteiger partial charge in [-0.15, -0.1) is 0 Å². The van der Waals surface area contributed by atoms with Crippen molar-refractivity contribution in [3.05, 3.63) is 0 Å². The maximum absolute atomic E-state index is 11.8. The lowest BCUT2D eigenvalue weighted by Crippen LogP contribution is -2.31. The average molecular weight is 283 g/mol. The second kappa shape index (κ2) is 10.5. The number of hydrogen-bond donors (Lipinski definition) is 1. The highest BCUT2D eigenvalue weighted by molar-refractivity contribution is 4.68. The van der Waals surface area contributed by atoms with E-state index in [1.165, 1.54) is 0 Å². The Labute approximate surface area is 115 Å². The second-order valence-corrected chi connectivity index (χ2v) is 5.44. The molecular formula is C14H28F3NO. The molecule has 0 aliphatic rings. The first-order valence-corrected chi connectivity index (χ1v) is 7.23. The molecule has 0 rings (SSSR count). The maximum Gasteiger partial charge on any atom is 0.411 e. The molecule has 0 fully saturated rings. The minimum Gasteiger partial charge on any atom is -0.372 e. The summed E-state index contributed by atoms with van der Waals surface area (Å²) in [6.45, 7) is 6.57. The third-order valence-corrected chi connectivity index (χ3v) is 2.80. The van der Waals surface area contributed by atoms with Crippen LogP contribution in [-0.2, 0) is 4.74 Å². The lowest BCUT2D eigenvalue weighted by molar-refractivity contribution is -0.174. The van der Waals surface area contributed by atoms with E-state index in [0.29, 0.717) is 18.4 Å². The number of hydrogen-bond acceptors (Lipinski definition) is 2. The van der Waals surface area contributed by atoms with Gasteiger partial charge in [-0.05, 0) is 44.6 Å². The van der Waals surface area contributed by atoms with E-state index in [9.17, 15) is 13.2 Å². The van der Waals surface area contributed by atoms with Crippen molar-refractivity contribution in [2.45, 2.75) is 65.1 Å². The number of nitrogens with one attached hydrogen (secondary N) is 1. The van der Waals surface area contributed by atoms with Gasteiger partial charge in [-0.25, -0.2) is 0 Å². The van der Waals surface area contributed by atoms with Gasteiger partial charge in [-0.2, -0.15) is 13.2 Å². The van der Waals surface area contributed by atoms with Gasteiger partial charge in [-0.1, -0.05) is 20.8 Å². The number of unbranched alkanes of at least 4 members (excludes halogenated alkanes) is 1. The molecule has 19 heavy (non-hydrogen) atoms. The van der Waals surface area contributed by atoms with Crippen molar-refractivity contribution in [3.8, 4) is 0 Å². The quantitative estimate of drug-likeness (QED) is 0.575. The van der Waals surface area contributed by atoms with Gasteiger partial charge < -0.3 is 10.1 Å². The van der Waals surface area contributed by atoms with Crippen LogP contribution in [0.25, 0.3) is 0 Å². The fourth-order valence-electron chi connectivity index (χ4n) is 2.00. The molecule has 0 amide bonds. The predicted octanol–water partition coefficient (Wildman–Crippen LogP) is 4.15. The maximum atomic E-state index is 11.8. The third kappa shape index (κ3) is 13.9. The number of alkyl halides is 3. The van der Waals surface area contributed by atoms with Crippen molar-refractivity contribution in [1.82, 2.24) is 5.32 Å². The fourth-order valence-corrected chi connectivity index (χ4v) is 2.00. The van der Waals surface area contributed by atoms with Crippen LogP contribution in [0, 0.1) is 5.92 Å². The average Bonchev–Trinajstić information content (AvgIpc) is 2.28. The lowest BCUT2D eigenvalue weighted by Gasteiger charge is -2.20. The van der Waals surface area contributed by atoms with Crippen LogP contribution < -0.4 is 5.32 Å². The van der Waals surface area contributed by atoms with E-state index in [1.54, 1.807) is 0 Å². The van der Waals surface area contributed by atoms with Crippen LogP contribution in [0.1, 0.15) is 52.9 Å². The van der Waals surface area contributed by atoms with Crippen LogP contribution in [0.15, 0.2) is 0 Å². The molecule has 0 saturated heterocycles. The molecule has 1 N–H and O–H groups in total. The molecule has 1 unspecified atom stereocenters. The summed E-state index contributed by atoms with van der Waals surface area (Å²) >= 11 is 0. The van der Waals surface area contributed by atoms with Crippen molar-refractivity contribution in [2.75, 3.05) is 19.8 Å². The molecule has 0 aliphatic heterocycles. The predicted molar refractivity (Wildman–Crippen MR) is 72.3 cm³/mol. The van der Waals surface area contributed by atoms with Crippen LogP contribution >= 0.6 is 0 Å². The monoisotopic (exact) mass is 283 g/mol. The molecule has 0 saturated carbocycles. The molecule has 1 atom stereocenters. The SMILES string of the molecule is CCCNC(CCCCOCC(F)(F)F)CC(C)C. The van der Waals surface area contributed by atoms with Crippen LogP contribution in [0.2, 0.25) is 0 Å². The topological polar surface area (TPSA) is 21.3 Å². The zero-order valence-electron chi connectivity index (χ0n) is 12.4. The number of ether oxygens (including phenoxy) is 1. The first-order chi connectivity index (χ1) is 8.85. The van der Waals surface area contributed by atoms with Gasteiger partial charge >= 0.3 is 6.18 Å². The molecule has 0 spiro atoms. The van der Waals surface area contributed by atoms with Gasteiger partial charge in [0.2, 0.25) is 0 Å². The molecule has 0 aromatic rings. The summed E-state index contributed by atoms with van der Waals surface area (Å²) in [5.74, 6) is 0.635. The molecule has 5 heteroatoms. The normalized spacial score (nSPS) is 14.1. The van der Waals surface area contributed by atoms with Crippen molar-refractivity contribution in [2.24, 2.45) is 5.92 Å².